The zero-order valence-electron chi connectivity index (χ0n) is 17.2. The van der Waals surface area contributed by atoms with Crippen LogP contribution in [-0.2, 0) is 0 Å². The highest BCUT2D eigenvalue weighted by atomic mass is 32.2. The molecule has 0 amide bonds. The van der Waals surface area contributed by atoms with E-state index in [-0.39, 0.29) is 4.08 Å². The van der Waals surface area contributed by atoms with Crippen LogP contribution in [-0.4, -0.2) is 33.9 Å². The maximum Gasteiger partial charge on any atom is 0.0596 e. The van der Waals surface area contributed by atoms with Gasteiger partial charge < -0.3 is 0 Å². The molecular formula is C22H41NS2. The highest BCUT2D eigenvalue weighted by Crippen LogP contribution is 2.52. The molecule has 0 bridgehead atoms. The van der Waals surface area contributed by atoms with Crippen LogP contribution in [0, 0.1) is 17.8 Å². The standard InChI is InChI=1S/C22H41NS2/c1-6-9-15-25-22(24,14-8-3)16-20-21(17(4)11-7-2)18-12-10-13-19(18)23(20)5/h7,11,17-21,24H,6,8-10,12-16H2,1-5H3/b11-7-. The molecule has 0 radical (unpaired) electrons. The van der Waals surface area contributed by atoms with Gasteiger partial charge in [-0.2, -0.15) is 12.6 Å². The summed E-state index contributed by atoms with van der Waals surface area (Å²) in [5, 5.41) is 0. The predicted molar refractivity (Wildman–Crippen MR) is 119 cm³/mol. The second-order valence-corrected chi connectivity index (χ2v) is 11.1. The highest BCUT2D eigenvalue weighted by Gasteiger charge is 2.51. The van der Waals surface area contributed by atoms with Gasteiger partial charge in [0, 0.05) is 12.1 Å². The molecule has 0 N–H and O–H groups in total. The lowest BCUT2D eigenvalue weighted by molar-refractivity contribution is 0.190. The minimum atomic E-state index is 0.148. The summed E-state index contributed by atoms with van der Waals surface area (Å²) in [5.74, 6) is 3.66. The Bertz CT molecular complexity index is 424. The zero-order valence-corrected chi connectivity index (χ0v) is 18.9. The van der Waals surface area contributed by atoms with Gasteiger partial charge in [0.1, 0.15) is 0 Å². The first-order valence-corrected chi connectivity index (χ1v) is 12.1. The Morgan fingerprint density at radius 3 is 2.68 bits per heavy atom. The Morgan fingerprint density at radius 1 is 1.28 bits per heavy atom. The molecule has 1 saturated carbocycles. The number of thiol groups is 1. The lowest BCUT2D eigenvalue weighted by Gasteiger charge is -2.38. The topological polar surface area (TPSA) is 3.24 Å². The van der Waals surface area contributed by atoms with Crippen molar-refractivity contribution < 1.29 is 0 Å². The fourth-order valence-corrected chi connectivity index (χ4v) is 7.67. The molecule has 25 heavy (non-hydrogen) atoms. The molecule has 146 valence electrons. The van der Waals surface area contributed by atoms with Gasteiger partial charge in [0.25, 0.3) is 0 Å². The summed E-state index contributed by atoms with van der Waals surface area (Å²) in [6.45, 7) is 9.24. The van der Waals surface area contributed by atoms with E-state index in [0.29, 0.717) is 12.0 Å². The molecule has 6 atom stereocenters. The Labute approximate surface area is 167 Å². The van der Waals surface area contributed by atoms with E-state index in [1.807, 2.05) is 0 Å². The monoisotopic (exact) mass is 383 g/mol. The number of nitrogens with zero attached hydrogens (tertiary/aromatic N) is 1. The van der Waals surface area contributed by atoms with Gasteiger partial charge in [0.15, 0.2) is 0 Å². The van der Waals surface area contributed by atoms with Gasteiger partial charge in [-0.15, -0.1) is 11.8 Å². The van der Waals surface area contributed by atoms with Crippen molar-refractivity contribution in [1.29, 1.82) is 0 Å². The van der Waals surface area contributed by atoms with Gasteiger partial charge in [-0.05, 0) is 69.6 Å². The summed E-state index contributed by atoms with van der Waals surface area (Å²) in [5.41, 5.74) is 0. The molecule has 1 aliphatic heterocycles. The molecule has 2 aliphatic rings. The summed E-state index contributed by atoms with van der Waals surface area (Å²) >= 11 is 7.41. The third-order valence-corrected chi connectivity index (χ3v) is 8.85. The maximum absolute atomic E-state index is 5.27. The average molecular weight is 384 g/mol. The van der Waals surface area contributed by atoms with E-state index in [4.69, 9.17) is 12.6 Å². The number of rotatable bonds is 10. The van der Waals surface area contributed by atoms with Crippen molar-refractivity contribution in [3.63, 3.8) is 0 Å². The van der Waals surface area contributed by atoms with Crippen LogP contribution in [0.4, 0.5) is 0 Å². The van der Waals surface area contributed by atoms with Gasteiger partial charge in [-0.25, -0.2) is 0 Å². The molecule has 1 saturated heterocycles. The minimum absolute atomic E-state index is 0.148. The summed E-state index contributed by atoms with van der Waals surface area (Å²) in [6, 6.07) is 1.52. The van der Waals surface area contributed by atoms with Gasteiger partial charge in [0.2, 0.25) is 0 Å². The number of allylic oxidation sites excluding steroid dienone is 2. The van der Waals surface area contributed by atoms with Crippen molar-refractivity contribution in [3.8, 4) is 0 Å². The Balaban J connectivity index is 2.17. The molecular weight excluding hydrogens is 342 g/mol. The summed E-state index contributed by atoms with van der Waals surface area (Å²) < 4.78 is 0.148. The van der Waals surface area contributed by atoms with Crippen molar-refractivity contribution in [2.24, 2.45) is 17.8 Å². The van der Waals surface area contributed by atoms with E-state index in [2.05, 4.69) is 63.6 Å². The fraction of sp³-hybridized carbons (Fsp3) is 0.909. The van der Waals surface area contributed by atoms with Crippen LogP contribution in [0.25, 0.3) is 0 Å². The molecule has 3 heteroatoms. The predicted octanol–water partition coefficient (Wildman–Crippen LogP) is 6.65. The Morgan fingerprint density at radius 2 is 2.04 bits per heavy atom. The van der Waals surface area contributed by atoms with E-state index in [1.54, 1.807) is 0 Å². The number of hydrogen-bond donors (Lipinski definition) is 1. The second kappa shape index (κ2) is 10.1. The van der Waals surface area contributed by atoms with Gasteiger partial charge in [-0.1, -0.05) is 52.2 Å². The van der Waals surface area contributed by atoms with Crippen molar-refractivity contribution in [2.45, 2.75) is 95.2 Å². The van der Waals surface area contributed by atoms with Crippen LogP contribution >= 0.6 is 24.4 Å². The molecule has 0 aromatic rings. The largest absolute Gasteiger partial charge is 0.300 e. The molecule has 2 fully saturated rings. The molecule has 0 aromatic carbocycles. The molecule has 0 spiro atoms. The molecule has 6 unspecified atom stereocenters. The lowest BCUT2D eigenvalue weighted by Crippen LogP contribution is -2.40. The molecule has 2 rings (SSSR count). The molecule has 1 nitrogen and oxygen atoms in total. The maximum atomic E-state index is 5.27. The van der Waals surface area contributed by atoms with Crippen molar-refractivity contribution in [2.75, 3.05) is 12.8 Å². The number of thioether (sulfide) groups is 1. The first-order valence-electron chi connectivity index (χ1n) is 10.7. The molecule has 1 heterocycles. The van der Waals surface area contributed by atoms with Crippen LogP contribution in [0.5, 0.6) is 0 Å². The molecule has 1 aliphatic carbocycles. The van der Waals surface area contributed by atoms with Crippen molar-refractivity contribution in [1.82, 2.24) is 4.90 Å². The number of hydrogen-bond acceptors (Lipinski definition) is 3. The molecule has 0 aromatic heterocycles. The zero-order chi connectivity index (χ0) is 18.4. The van der Waals surface area contributed by atoms with E-state index in [1.165, 1.54) is 57.1 Å². The summed E-state index contributed by atoms with van der Waals surface area (Å²) in [6.07, 6.45) is 15.3. The summed E-state index contributed by atoms with van der Waals surface area (Å²) in [7, 11) is 2.41. The number of fused-ring (bicyclic) bond motifs is 1. The second-order valence-electron chi connectivity index (χ2n) is 8.46. The van der Waals surface area contributed by atoms with E-state index < -0.39 is 0 Å². The average Bonchev–Trinajstić information content (AvgIpc) is 3.12. The van der Waals surface area contributed by atoms with Crippen LogP contribution < -0.4 is 0 Å². The van der Waals surface area contributed by atoms with E-state index in [0.717, 1.165) is 17.9 Å². The van der Waals surface area contributed by atoms with E-state index >= 15 is 0 Å². The van der Waals surface area contributed by atoms with Gasteiger partial charge in [-0.3, -0.25) is 4.90 Å². The quantitative estimate of drug-likeness (QED) is 0.195. The minimum Gasteiger partial charge on any atom is -0.300 e. The third-order valence-electron chi connectivity index (χ3n) is 6.66. The lowest BCUT2D eigenvalue weighted by atomic mass is 9.77. The van der Waals surface area contributed by atoms with Crippen molar-refractivity contribution >= 4 is 24.4 Å². The van der Waals surface area contributed by atoms with Crippen LogP contribution in [0.1, 0.15) is 79.1 Å². The van der Waals surface area contributed by atoms with Gasteiger partial charge in [0.05, 0.1) is 4.08 Å². The SMILES string of the molecule is C/C=C\C(C)C1C2CCCC2N(C)C1CC(S)(CCC)SCCCC. The Hall–Kier alpha value is 0.400. The number of unbranched alkanes of at least 4 members (excludes halogenated alkanes) is 1. The normalized spacial score (nSPS) is 33.7. The first-order chi connectivity index (χ1) is 12.0. The third kappa shape index (κ3) is 5.23. The smallest absolute Gasteiger partial charge is 0.0596 e. The van der Waals surface area contributed by atoms with Crippen LogP contribution in [0.2, 0.25) is 0 Å². The number of likely N-dealkylation sites (tertiary alicyclic amines) is 1. The summed E-state index contributed by atoms with van der Waals surface area (Å²) in [4.78, 5) is 2.77. The first kappa shape index (κ1) is 21.7. The van der Waals surface area contributed by atoms with Crippen LogP contribution in [0.3, 0.4) is 0 Å². The highest BCUT2D eigenvalue weighted by molar-refractivity contribution is 8.11. The van der Waals surface area contributed by atoms with E-state index in [9.17, 15) is 0 Å². The van der Waals surface area contributed by atoms with Crippen molar-refractivity contribution in [3.05, 3.63) is 12.2 Å². The van der Waals surface area contributed by atoms with Crippen LogP contribution in [0.15, 0.2) is 12.2 Å². The van der Waals surface area contributed by atoms with Gasteiger partial charge >= 0.3 is 0 Å². The fourth-order valence-electron chi connectivity index (χ4n) is 5.54. The Kier molecular flexibility index (Phi) is 8.75.